The normalized spacial score (nSPS) is 27.8. The molecule has 0 radical (unpaired) electrons. The van der Waals surface area contributed by atoms with E-state index in [1.54, 1.807) is 0 Å². The smallest absolute Gasteiger partial charge is 0.0561 e. The van der Waals surface area contributed by atoms with Crippen LogP contribution < -0.4 is 0 Å². The summed E-state index contributed by atoms with van der Waals surface area (Å²) in [5, 5.41) is 0. The van der Waals surface area contributed by atoms with E-state index in [1.807, 2.05) is 6.07 Å². The zero-order valence-electron chi connectivity index (χ0n) is 7.72. The molecule has 0 bridgehead atoms. The Morgan fingerprint density at radius 1 is 1.38 bits per heavy atom. The summed E-state index contributed by atoms with van der Waals surface area (Å²) in [6.07, 6.45) is 1.12. The number of hydrogen-bond donors (Lipinski definition) is 0. The third-order valence-electron chi connectivity index (χ3n) is 2.74. The van der Waals surface area contributed by atoms with Crippen LogP contribution in [0.4, 0.5) is 0 Å². The molecule has 0 aliphatic carbocycles. The fourth-order valence-corrected chi connectivity index (χ4v) is 2.59. The molecule has 1 aliphatic heterocycles. The van der Waals surface area contributed by atoms with Crippen LogP contribution in [0.3, 0.4) is 0 Å². The number of benzene rings is 1. The van der Waals surface area contributed by atoms with Crippen LogP contribution in [0.5, 0.6) is 0 Å². The monoisotopic (exact) mass is 240 g/mol. The van der Waals surface area contributed by atoms with Gasteiger partial charge in [0.2, 0.25) is 0 Å². The first-order valence-corrected chi connectivity index (χ1v) is 5.34. The average Bonchev–Trinajstić information content (AvgIpc) is 2.54. The lowest BCUT2D eigenvalue weighted by atomic mass is 9.82. The van der Waals surface area contributed by atoms with E-state index in [-0.39, 0.29) is 5.41 Å². The van der Waals surface area contributed by atoms with Gasteiger partial charge < -0.3 is 4.74 Å². The maximum absolute atomic E-state index is 5.45. The topological polar surface area (TPSA) is 9.23 Å². The van der Waals surface area contributed by atoms with E-state index in [0.29, 0.717) is 0 Å². The first-order valence-electron chi connectivity index (χ1n) is 4.55. The fourth-order valence-electron chi connectivity index (χ4n) is 1.83. The molecule has 1 atom stereocenters. The molecule has 0 amide bonds. The highest BCUT2D eigenvalue weighted by atomic mass is 79.9. The van der Waals surface area contributed by atoms with Gasteiger partial charge in [-0.2, -0.15) is 0 Å². The zero-order chi connectivity index (χ0) is 9.31. The van der Waals surface area contributed by atoms with Crippen LogP contribution in [-0.4, -0.2) is 13.2 Å². The van der Waals surface area contributed by atoms with Crippen molar-refractivity contribution >= 4 is 15.9 Å². The Labute approximate surface area is 87.2 Å². The molecule has 0 aromatic heterocycles. The molecule has 1 aromatic carbocycles. The third-order valence-corrected chi connectivity index (χ3v) is 3.43. The summed E-state index contributed by atoms with van der Waals surface area (Å²) >= 11 is 3.59. The van der Waals surface area contributed by atoms with E-state index >= 15 is 0 Å². The summed E-state index contributed by atoms with van der Waals surface area (Å²) in [6.45, 7) is 3.99. The highest BCUT2D eigenvalue weighted by Gasteiger charge is 2.32. The van der Waals surface area contributed by atoms with E-state index in [1.165, 1.54) is 10.0 Å². The van der Waals surface area contributed by atoms with Crippen LogP contribution in [0.25, 0.3) is 0 Å². The number of ether oxygens (including phenoxy) is 1. The van der Waals surface area contributed by atoms with Crippen LogP contribution in [0.15, 0.2) is 28.7 Å². The van der Waals surface area contributed by atoms with Gasteiger partial charge in [-0.25, -0.2) is 0 Å². The second-order valence-corrected chi connectivity index (χ2v) is 4.70. The molecule has 2 rings (SSSR count). The van der Waals surface area contributed by atoms with E-state index in [4.69, 9.17) is 4.74 Å². The van der Waals surface area contributed by atoms with E-state index < -0.39 is 0 Å². The predicted molar refractivity (Wildman–Crippen MR) is 56.9 cm³/mol. The van der Waals surface area contributed by atoms with Crippen molar-refractivity contribution in [2.45, 2.75) is 18.8 Å². The van der Waals surface area contributed by atoms with Crippen molar-refractivity contribution in [1.29, 1.82) is 0 Å². The molecular weight excluding hydrogens is 228 g/mol. The summed E-state index contributed by atoms with van der Waals surface area (Å²) in [5.74, 6) is 0. The predicted octanol–water partition coefficient (Wildman–Crippen LogP) is 3.13. The summed E-state index contributed by atoms with van der Waals surface area (Å²) in [7, 11) is 0. The SMILES string of the molecule is CC1(c2ccccc2Br)CCOC1. The number of halogens is 1. The van der Waals surface area contributed by atoms with Gasteiger partial charge in [0.25, 0.3) is 0 Å². The van der Waals surface area contributed by atoms with Gasteiger partial charge in [0.1, 0.15) is 0 Å². The molecule has 13 heavy (non-hydrogen) atoms. The van der Waals surface area contributed by atoms with E-state index in [0.717, 1.165) is 19.6 Å². The molecule has 1 nitrogen and oxygen atoms in total. The van der Waals surface area contributed by atoms with Crippen molar-refractivity contribution in [2.24, 2.45) is 0 Å². The van der Waals surface area contributed by atoms with Crippen molar-refractivity contribution in [3.63, 3.8) is 0 Å². The Bertz CT molecular complexity index is 303. The van der Waals surface area contributed by atoms with E-state index in [2.05, 4.69) is 41.1 Å². The van der Waals surface area contributed by atoms with E-state index in [9.17, 15) is 0 Å². The highest BCUT2D eigenvalue weighted by Crippen LogP contribution is 2.36. The minimum Gasteiger partial charge on any atom is -0.380 e. The van der Waals surface area contributed by atoms with Crippen molar-refractivity contribution in [1.82, 2.24) is 0 Å². The number of hydrogen-bond acceptors (Lipinski definition) is 1. The van der Waals surface area contributed by atoms with Crippen molar-refractivity contribution in [3.05, 3.63) is 34.3 Å². The number of rotatable bonds is 1. The molecule has 1 aromatic rings. The van der Waals surface area contributed by atoms with Gasteiger partial charge in [-0.1, -0.05) is 41.1 Å². The van der Waals surface area contributed by atoms with Gasteiger partial charge >= 0.3 is 0 Å². The summed E-state index contributed by atoms with van der Waals surface area (Å²) in [4.78, 5) is 0. The van der Waals surface area contributed by atoms with Gasteiger partial charge in [0.15, 0.2) is 0 Å². The van der Waals surface area contributed by atoms with Gasteiger partial charge in [0.05, 0.1) is 6.61 Å². The summed E-state index contributed by atoms with van der Waals surface area (Å²) in [6, 6.07) is 8.41. The Kier molecular flexibility index (Phi) is 2.43. The zero-order valence-corrected chi connectivity index (χ0v) is 9.30. The Morgan fingerprint density at radius 3 is 2.77 bits per heavy atom. The molecule has 0 saturated carbocycles. The van der Waals surface area contributed by atoms with Crippen LogP contribution in [0.2, 0.25) is 0 Å². The maximum atomic E-state index is 5.45. The molecule has 0 spiro atoms. The Balaban J connectivity index is 2.39. The first-order chi connectivity index (χ1) is 6.22. The van der Waals surface area contributed by atoms with Crippen LogP contribution >= 0.6 is 15.9 Å². The molecule has 1 heterocycles. The van der Waals surface area contributed by atoms with Gasteiger partial charge in [-0.3, -0.25) is 0 Å². The molecule has 1 aliphatic rings. The quantitative estimate of drug-likeness (QED) is 0.733. The maximum Gasteiger partial charge on any atom is 0.0561 e. The average molecular weight is 241 g/mol. The first kappa shape index (κ1) is 9.22. The molecule has 1 unspecified atom stereocenters. The molecule has 1 saturated heterocycles. The van der Waals surface area contributed by atoms with Gasteiger partial charge in [0, 0.05) is 16.5 Å². The van der Waals surface area contributed by atoms with Crippen molar-refractivity contribution < 1.29 is 4.74 Å². The molecule has 70 valence electrons. The third kappa shape index (κ3) is 1.65. The lowest BCUT2D eigenvalue weighted by Crippen LogP contribution is -2.22. The summed E-state index contributed by atoms with van der Waals surface area (Å²) in [5.41, 5.74) is 1.58. The second kappa shape index (κ2) is 3.43. The minimum atomic E-state index is 0.208. The molecular formula is C11H13BrO. The second-order valence-electron chi connectivity index (χ2n) is 3.84. The van der Waals surface area contributed by atoms with Gasteiger partial charge in [-0.05, 0) is 18.1 Å². The highest BCUT2D eigenvalue weighted by molar-refractivity contribution is 9.10. The molecule has 2 heteroatoms. The van der Waals surface area contributed by atoms with Gasteiger partial charge in [-0.15, -0.1) is 0 Å². The summed E-state index contributed by atoms with van der Waals surface area (Å²) < 4.78 is 6.65. The fraction of sp³-hybridized carbons (Fsp3) is 0.455. The Hall–Kier alpha value is -0.340. The van der Waals surface area contributed by atoms with Crippen molar-refractivity contribution in [3.8, 4) is 0 Å². The lowest BCUT2D eigenvalue weighted by Gasteiger charge is -2.23. The minimum absolute atomic E-state index is 0.208. The van der Waals surface area contributed by atoms with Crippen LogP contribution in [0, 0.1) is 0 Å². The van der Waals surface area contributed by atoms with Crippen LogP contribution in [-0.2, 0) is 10.2 Å². The largest absolute Gasteiger partial charge is 0.380 e. The lowest BCUT2D eigenvalue weighted by molar-refractivity contribution is 0.180. The standard InChI is InChI=1S/C11H13BrO/c1-11(6-7-13-8-11)9-4-2-3-5-10(9)12/h2-5H,6-8H2,1H3. The van der Waals surface area contributed by atoms with Crippen molar-refractivity contribution in [2.75, 3.05) is 13.2 Å². The Morgan fingerprint density at radius 2 is 2.15 bits per heavy atom. The van der Waals surface area contributed by atoms with Crippen LogP contribution in [0.1, 0.15) is 18.9 Å². The molecule has 0 N–H and O–H groups in total. The molecule has 1 fully saturated rings.